The standard InChI is InChI=1S/C10H12.4Y/c1-7-2-9-4-8(1)5-10(3-7)6-9;;;;/h1-6H2;;;;/q-4;;;;. The van der Waals surface area contributed by atoms with Crippen molar-refractivity contribution < 1.29 is 131 Å². The Morgan fingerprint density at radius 2 is 0.500 bits per heavy atom. The van der Waals surface area contributed by atoms with Crippen LogP contribution in [0.2, 0.25) is 0 Å². The summed E-state index contributed by atoms with van der Waals surface area (Å²) in [6.07, 6.45) is 8.38. The van der Waals surface area contributed by atoms with Crippen molar-refractivity contribution in [2.24, 2.45) is 0 Å². The molecule has 0 saturated heterocycles. The van der Waals surface area contributed by atoms with E-state index in [0.29, 0.717) is 0 Å². The summed E-state index contributed by atoms with van der Waals surface area (Å²) in [5.74, 6) is 7.29. The molecular weight excluding hydrogens is 476 g/mol. The summed E-state index contributed by atoms with van der Waals surface area (Å²) in [6, 6.07) is 0. The van der Waals surface area contributed by atoms with Crippen LogP contribution in [0.1, 0.15) is 38.5 Å². The normalized spacial score (nSPS) is 25.7. The Morgan fingerprint density at radius 3 is 0.643 bits per heavy atom. The zero-order chi connectivity index (χ0) is 6.55. The van der Waals surface area contributed by atoms with Crippen LogP contribution in [0.25, 0.3) is 0 Å². The van der Waals surface area contributed by atoms with Gasteiger partial charge in [-0.15, -0.1) is 0 Å². The van der Waals surface area contributed by atoms with Crippen LogP contribution in [-0.2, 0) is 131 Å². The summed E-state index contributed by atoms with van der Waals surface area (Å²) < 4.78 is 0. The van der Waals surface area contributed by atoms with Gasteiger partial charge in [-0.3, -0.25) is 0 Å². The molecule has 4 radical (unpaired) electrons. The van der Waals surface area contributed by atoms with Gasteiger partial charge in [0.25, 0.3) is 0 Å². The Morgan fingerprint density at radius 1 is 0.357 bits per heavy atom. The Balaban J connectivity index is 0. The van der Waals surface area contributed by atoms with Gasteiger partial charge < -0.3 is 62.2 Å². The predicted molar refractivity (Wildman–Crippen MR) is 40.7 cm³/mol. The van der Waals surface area contributed by atoms with Gasteiger partial charge in [0.2, 0.25) is 0 Å². The second-order valence-electron chi connectivity index (χ2n) is 4.06. The van der Waals surface area contributed by atoms with Gasteiger partial charge in [0.15, 0.2) is 0 Å². The zero-order valence-corrected chi connectivity index (χ0v) is 19.9. The van der Waals surface area contributed by atoms with Crippen molar-refractivity contribution in [3.05, 3.63) is 23.7 Å². The first-order valence-corrected chi connectivity index (χ1v) is 4.24. The van der Waals surface area contributed by atoms with E-state index in [2.05, 4.69) is 0 Å². The van der Waals surface area contributed by atoms with E-state index in [1.807, 2.05) is 23.7 Å². The van der Waals surface area contributed by atoms with E-state index < -0.39 is 0 Å². The zero-order valence-electron chi connectivity index (χ0n) is 8.55. The van der Waals surface area contributed by atoms with E-state index in [0.717, 1.165) is 0 Å². The minimum Gasteiger partial charge on any atom is -0.400 e. The van der Waals surface area contributed by atoms with E-state index in [1.54, 1.807) is 0 Å². The summed E-state index contributed by atoms with van der Waals surface area (Å²) in [7, 11) is 0. The number of rotatable bonds is 0. The number of hydrogen-bond acceptors (Lipinski definition) is 0. The maximum atomic E-state index is 1.82. The first-order chi connectivity index (χ1) is 4.90. The van der Waals surface area contributed by atoms with Crippen molar-refractivity contribution in [3.8, 4) is 0 Å². The molecule has 4 bridgehead atoms. The third-order valence-electron chi connectivity index (χ3n) is 3.00. The third kappa shape index (κ3) is 4.83. The van der Waals surface area contributed by atoms with Gasteiger partial charge in [-0.25, -0.2) is 0 Å². The molecule has 4 saturated carbocycles. The average molecular weight is 488 g/mol. The molecule has 0 spiro atoms. The SMILES string of the molecule is C1[C-]2C[C-]3C[C-]1C[C-](C2)C3.[Y].[Y].[Y].[Y]. The maximum absolute atomic E-state index is 1.82. The molecule has 0 heterocycles. The maximum Gasteiger partial charge on any atom is 0 e. The Bertz CT molecular complexity index is 104. The van der Waals surface area contributed by atoms with Gasteiger partial charge in [0, 0.05) is 131 Å². The van der Waals surface area contributed by atoms with E-state index in [-0.39, 0.29) is 131 Å². The summed E-state index contributed by atoms with van der Waals surface area (Å²) in [5.41, 5.74) is 0. The molecule has 4 aliphatic carbocycles. The van der Waals surface area contributed by atoms with Crippen molar-refractivity contribution in [1.29, 1.82) is 0 Å². The molecule has 4 aliphatic rings. The molecule has 4 heteroatoms. The molecule has 4 fully saturated rings. The average Bonchev–Trinajstić information content (AvgIpc) is 1.82. The summed E-state index contributed by atoms with van der Waals surface area (Å²) in [4.78, 5) is 0. The first kappa shape index (κ1) is 20.7. The molecule has 68 valence electrons. The van der Waals surface area contributed by atoms with Gasteiger partial charge >= 0.3 is 0 Å². The molecule has 0 N–H and O–H groups in total. The quantitative estimate of drug-likeness (QED) is 0.461. The second kappa shape index (κ2) is 9.34. The third-order valence-corrected chi connectivity index (χ3v) is 3.00. The van der Waals surface area contributed by atoms with Gasteiger partial charge in [0.05, 0.1) is 0 Å². The molecule has 0 aromatic heterocycles. The van der Waals surface area contributed by atoms with Crippen molar-refractivity contribution >= 4 is 0 Å². The smallest absolute Gasteiger partial charge is 0 e. The van der Waals surface area contributed by atoms with Gasteiger partial charge in [-0.1, -0.05) is 0 Å². The molecule has 0 nitrogen and oxygen atoms in total. The van der Waals surface area contributed by atoms with Gasteiger partial charge in [-0.05, 0) is 0 Å². The molecule has 0 amide bonds. The molecule has 0 unspecified atom stereocenters. The van der Waals surface area contributed by atoms with Gasteiger partial charge in [0.1, 0.15) is 0 Å². The van der Waals surface area contributed by atoms with Crippen molar-refractivity contribution in [2.75, 3.05) is 0 Å². The van der Waals surface area contributed by atoms with Crippen LogP contribution in [0.15, 0.2) is 0 Å². The fraction of sp³-hybridized carbons (Fsp3) is 0.600. The first-order valence-electron chi connectivity index (χ1n) is 4.24. The summed E-state index contributed by atoms with van der Waals surface area (Å²) >= 11 is 0. The number of hydrogen-bond donors (Lipinski definition) is 0. The van der Waals surface area contributed by atoms with Crippen LogP contribution >= 0.6 is 0 Å². The fourth-order valence-electron chi connectivity index (χ4n) is 2.87. The molecule has 0 aromatic rings. The fourth-order valence-corrected chi connectivity index (χ4v) is 2.87. The van der Waals surface area contributed by atoms with E-state index >= 15 is 0 Å². The molecule has 0 atom stereocenters. The van der Waals surface area contributed by atoms with Crippen molar-refractivity contribution in [1.82, 2.24) is 0 Å². The van der Waals surface area contributed by atoms with Crippen LogP contribution in [0.3, 0.4) is 0 Å². The van der Waals surface area contributed by atoms with Crippen LogP contribution in [0.4, 0.5) is 0 Å². The van der Waals surface area contributed by atoms with Crippen molar-refractivity contribution in [3.63, 3.8) is 0 Å². The molecule has 0 aliphatic heterocycles. The molecule has 4 rings (SSSR count). The Kier molecular flexibility index (Phi) is 13.8. The van der Waals surface area contributed by atoms with Gasteiger partial charge in [-0.2, -0.15) is 0 Å². The summed E-state index contributed by atoms with van der Waals surface area (Å²) in [6.45, 7) is 0. The van der Waals surface area contributed by atoms with Crippen molar-refractivity contribution in [2.45, 2.75) is 38.5 Å². The van der Waals surface area contributed by atoms with Crippen LogP contribution < -0.4 is 0 Å². The molecular formula is C10H12Y4-4. The Labute approximate surface area is 189 Å². The monoisotopic (exact) mass is 488 g/mol. The molecule has 0 aromatic carbocycles. The molecule has 14 heavy (non-hydrogen) atoms. The van der Waals surface area contributed by atoms with Crippen LogP contribution in [0, 0.1) is 23.7 Å². The predicted octanol–water partition coefficient (Wildman–Crippen LogP) is 2.66. The van der Waals surface area contributed by atoms with E-state index in [1.165, 1.54) is 38.5 Å². The van der Waals surface area contributed by atoms with E-state index in [4.69, 9.17) is 0 Å². The Hall–Kier alpha value is 4.42. The minimum atomic E-state index is 0. The van der Waals surface area contributed by atoms with Crippen LogP contribution in [-0.4, -0.2) is 0 Å². The second-order valence-corrected chi connectivity index (χ2v) is 4.06. The largest absolute Gasteiger partial charge is 0.400 e. The van der Waals surface area contributed by atoms with E-state index in [9.17, 15) is 0 Å². The minimum absolute atomic E-state index is 0. The summed E-state index contributed by atoms with van der Waals surface area (Å²) in [5, 5.41) is 0. The van der Waals surface area contributed by atoms with Crippen LogP contribution in [0.5, 0.6) is 0 Å². The topological polar surface area (TPSA) is 0 Å².